The number of nitrogens with zero attached hydrogens (tertiary/aromatic N) is 3. The molecule has 1 fully saturated rings. The van der Waals surface area contributed by atoms with E-state index in [4.69, 9.17) is 4.74 Å². The first-order chi connectivity index (χ1) is 11.3. The quantitative estimate of drug-likeness (QED) is 0.916. The van der Waals surface area contributed by atoms with E-state index >= 15 is 0 Å². The Balaban J connectivity index is 1.62. The van der Waals surface area contributed by atoms with E-state index in [0.717, 1.165) is 24.7 Å². The molecule has 0 unspecified atom stereocenters. The van der Waals surface area contributed by atoms with Crippen LogP contribution in [0.5, 0.6) is 5.75 Å². The van der Waals surface area contributed by atoms with Gasteiger partial charge in [-0.15, -0.1) is 0 Å². The molecule has 0 amide bonds. The third-order valence-corrected chi connectivity index (χ3v) is 4.18. The van der Waals surface area contributed by atoms with Gasteiger partial charge in [0, 0.05) is 25.8 Å². The molecule has 1 N–H and O–H groups in total. The van der Waals surface area contributed by atoms with E-state index in [0.29, 0.717) is 12.5 Å². The van der Waals surface area contributed by atoms with Crippen LogP contribution in [0.4, 0.5) is 11.8 Å². The highest BCUT2D eigenvalue weighted by molar-refractivity contribution is 5.43. The Hall–Kier alpha value is -2.30. The van der Waals surface area contributed by atoms with Crippen molar-refractivity contribution >= 4 is 11.8 Å². The molecule has 1 aromatic carbocycles. The first-order valence-corrected chi connectivity index (χ1v) is 8.30. The largest absolute Gasteiger partial charge is 0.497 e. The Morgan fingerprint density at radius 2 is 1.78 bits per heavy atom. The summed E-state index contributed by atoms with van der Waals surface area (Å²) in [7, 11) is 1.68. The minimum absolute atomic E-state index is 0.683. The summed E-state index contributed by atoms with van der Waals surface area (Å²) in [6.07, 6.45) is 6.98. The Morgan fingerprint density at radius 3 is 2.48 bits per heavy atom. The number of methoxy groups -OCH3 is 1. The van der Waals surface area contributed by atoms with Crippen LogP contribution in [0, 0.1) is 0 Å². The zero-order valence-electron chi connectivity index (χ0n) is 13.7. The van der Waals surface area contributed by atoms with Crippen LogP contribution in [0.25, 0.3) is 0 Å². The molecule has 0 aliphatic carbocycles. The second kappa shape index (κ2) is 7.81. The molecule has 122 valence electrons. The molecule has 3 rings (SSSR count). The standard InChI is InChI=1S/C18H24N4O/c1-23-16-8-6-15(7-9-16)14-20-18-19-11-10-17(21-18)22-12-4-2-3-5-13-22/h6-11H,2-5,12-14H2,1H3,(H,19,20,21). The number of aromatic nitrogens is 2. The predicted molar refractivity (Wildman–Crippen MR) is 93.0 cm³/mol. The molecule has 0 spiro atoms. The van der Waals surface area contributed by atoms with Gasteiger partial charge in [0.2, 0.25) is 5.95 Å². The molecular formula is C18H24N4O. The summed E-state index contributed by atoms with van der Waals surface area (Å²) in [5.74, 6) is 2.58. The zero-order valence-corrected chi connectivity index (χ0v) is 13.7. The molecule has 5 heteroatoms. The van der Waals surface area contributed by atoms with Crippen molar-refractivity contribution in [2.24, 2.45) is 0 Å². The van der Waals surface area contributed by atoms with Gasteiger partial charge >= 0.3 is 0 Å². The van der Waals surface area contributed by atoms with Crippen molar-refractivity contribution < 1.29 is 4.74 Å². The van der Waals surface area contributed by atoms with Gasteiger partial charge in [0.1, 0.15) is 11.6 Å². The number of anilines is 2. The molecule has 1 aromatic heterocycles. The molecule has 2 aromatic rings. The van der Waals surface area contributed by atoms with Gasteiger partial charge in [-0.2, -0.15) is 4.98 Å². The number of nitrogens with one attached hydrogen (secondary N) is 1. The van der Waals surface area contributed by atoms with Gasteiger partial charge in [-0.25, -0.2) is 4.98 Å². The number of hydrogen-bond donors (Lipinski definition) is 1. The van der Waals surface area contributed by atoms with Crippen LogP contribution < -0.4 is 15.0 Å². The van der Waals surface area contributed by atoms with E-state index in [1.54, 1.807) is 7.11 Å². The van der Waals surface area contributed by atoms with E-state index in [9.17, 15) is 0 Å². The Kier molecular flexibility index (Phi) is 5.29. The second-order valence-electron chi connectivity index (χ2n) is 5.84. The van der Waals surface area contributed by atoms with E-state index < -0.39 is 0 Å². The molecular weight excluding hydrogens is 288 g/mol. The van der Waals surface area contributed by atoms with Crippen molar-refractivity contribution in [1.82, 2.24) is 9.97 Å². The SMILES string of the molecule is COc1ccc(CNc2nccc(N3CCCCCC3)n2)cc1. The van der Waals surface area contributed by atoms with Gasteiger partial charge in [-0.3, -0.25) is 0 Å². The minimum Gasteiger partial charge on any atom is -0.497 e. The van der Waals surface area contributed by atoms with E-state index in [-0.39, 0.29) is 0 Å². The van der Waals surface area contributed by atoms with Gasteiger partial charge in [0.15, 0.2) is 0 Å². The fourth-order valence-corrected chi connectivity index (χ4v) is 2.83. The lowest BCUT2D eigenvalue weighted by Gasteiger charge is -2.21. The predicted octanol–water partition coefficient (Wildman–Crippen LogP) is 3.48. The third-order valence-electron chi connectivity index (χ3n) is 4.18. The van der Waals surface area contributed by atoms with E-state index in [2.05, 4.69) is 20.2 Å². The molecule has 2 heterocycles. The van der Waals surface area contributed by atoms with Crippen molar-refractivity contribution in [2.75, 3.05) is 30.4 Å². The highest BCUT2D eigenvalue weighted by Crippen LogP contribution is 2.18. The number of rotatable bonds is 5. The summed E-state index contributed by atoms with van der Waals surface area (Å²) in [6, 6.07) is 10.0. The zero-order chi connectivity index (χ0) is 15.9. The highest BCUT2D eigenvalue weighted by atomic mass is 16.5. The van der Waals surface area contributed by atoms with Crippen LogP contribution in [-0.4, -0.2) is 30.2 Å². The van der Waals surface area contributed by atoms with Gasteiger partial charge in [-0.05, 0) is 36.6 Å². The number of benzene rings is 1. The Bertz CT molecular complexity index is 607. The molecule has 0 radical (unpaired) electrons. The van der Waals surface area contributed by atoms with Gasteiger partial charge in [-0.1, -0.05) is 25.0 Å². The molecule has 0 saturated carbocycles. The monoisotopic (exact) mass is 312 g/mol. The van der Waals surface area contributed by atoms with Crippen LogP contribution in [0.1, 0.15) is 31.2 Å². The van der Waals surface area contributed by atoms with Crippen LogP contribution in [-0.2, 0) is 6.54 Å². The normalized spacial score (nSPS) is 15.1. The minimum atomic E-state index is 0.683. The lowest BCUT2D eigenvalue weighted by molar-refractivity contribution is 0.414. The molecule has 0 bridgehead atoms. The number of ether oxygens (including phenoxy) is 1. The van der Waals surface area contributed by atoms with Crippen molar-refractivity contribution in [3.63, 3.8) is 0 Å². The summed E-state index contributed by atoms with van der Waals surface area (Å²) in [6.45, 7) is 2.89. The smallest absolute Gasteiger partial charge is 0.224 e. The maximum atomic E-state index is 5.17. The Labute approximate surface area is 137 Å². The fraction of sp³-hybridized carbons (Fsp3) is 0.444. The second-order valence-corrected chi connectivity index (χ2v) is 5.84. The maximum absolute atomic E-state index is 5.17. The van der Waals surface area contributed by atoms with Crippen LogP contribution >= 0.6 is 0 Å². The molecule has 0 atom stereocenters. The van der Waals surface area contributed by atoms with Gasteiger partial charge < -0.3 is 15.0 Å². The van der Waals surface area contributed by atoms with E-state index in [1.165, 1.54) is 31.2 Å². The van der Waals surface area contributed by atoms with Crippen LogP contribution in [0.15, 0.2) is 36.5 Å². The summed E-state index contributed by atoms with van der Waals surface area (Å²) >= 11 is 0. The van der Waals surface area contributed by atoms with Crippen molar-refractivity contribution in [3.05, 3.63) is 42.1 Å². The van der Waals surface area contributed by atoms with Crippen molar-refractivity contribution in [2.45, 2.75) is 32.2 Å². The molecule has 23 heavy (non-hydrogen) atoms. The third kappa shape index (κ3) is 4.34. The lowest BCUT2D eigenvalue weighted by Crippen LogP contribution is -2.25. The summed E-state index contributed by atoms with van der Waals surface area (Å²) < 4.78 is 5.17. The summed E-state index contributed by atoms with van der Waals surface area (Å²) in [5.41, 5.74) is 1.18. The summed E-state index contributed by atoms with van der Waals surface area (Å²) in [4.78, 5) is 11.4. The Morgan fingerprint density at radius 1 is 1.04 bits per heavy atom. The first kappa shape index (κ1) is 15.6. The topological polar surface area (TPSA) is 50.3 Å². The van der Waals surface area contributed by atoms with Gasteiger partial charge in [0.25, 0.3) is 0 Å². The summed E-state index contributed by atoms with van der Waals surface area (Å²) in [5, 5.41) is 3.30. The number of hydrogen-bond acceptors (Lipinski definition) is 5. The fourth-order valence-electron chi connectivity index (χ4n) is 2.83. The molecule has 1 saturated heterocycles. The van der Waals surface area contributed by atoms with Gasteiger partial charge in [0.05, 0.1) is 7.11 Å². The average Bonchev–Trinajstić information content (AvgIpc) is 2.90. The maximum Gasteiger partial charge on any atom is 0.224 e. The average molecular weight is 312 g/mol. The van der Waals surface area contributed by atoms with Crippen molar-refractivity contribution in [1.29, 1.82) is 0 Å². The van der Waals surface area contributed by atoms with Crippen LogP contribution in [0.2, 0.25) is 0 Å². The van der Waals surface area contributed by atoms with Crippen molar-refractivity contribution in [3.8, 4) is 5.75 Å². The molecule has 1 aliphatic rings. The molecule has 1 aliphatic heterocycles. The lowest BCUT2D eigenvalue weighted by atomic mass is 10.2. The first-order valence-electron chi connectivity index (χ1n) is 8.30. The molecule has 5 nitrogen and oxygen atoms in total. The van der Waals surface area contributed by atoms with E-state index in [1.807, 2.05) is 36.5 Å². The highest BCUT2D eigenvalue weighted by Gasteiger charge is 2.11. The van der Waals surface area contributed by atoms with Crippen LogP contribution in [0.3, 0.4) is 0 Å².